The smallest absolute Gasteiger partial charge is 0.444 e. The van der Waals surface area contributed by atoms with Gasteiger partial charge in [0.1, 0.15) is 5.60 Å². The first kappa shape index (κ1) is 22.3. The van der Waals surface area contributed by atoms with Gasteiger partial charge in [-0.1, -0.05) is 18.2 Å². The van der Waals surface area contributed by atoms with Crippen LogP contribution in [0.1, 0.15) is 54.0 Å². The summed E-state index contributed by atoms with van der Waals surface area (Å²) in [6.45, 7) is 13.7. The molecule has 1 aliphatic rings. The Morgan fingerprint density at radius 3 is 2.14 bits per heavy atom. The van der Waals surface area contributed by atoms with Crippen LogP contribution in [-0.4, -0.2) is 36.6 Å². The molecule has 1 saturated heterocycles. The summed E-state index contributed by atoms with van der Waals surface area (Å²) >= 11 is 0. The first-order chi connectivity index (χ1) is 12.8. The van der Waals surface area contributed by atoms with Gasteiger partial charge in [0.05, 0.1) is 11.2 Å². The summed E-state index contributed by atoms with van der Waals surface area (Å²) in [4.78, 5) is 12.1. The number of ether oxygens (including phenoxy) is 1. The number of hydrogen-bond acceptors (Lipinski definition) is 6. The minimum absolute atomic E-state index is 0.239. The van der Waals surface area contributed by atoms with Crippen LogP contribution in [0.25, 0.3) is 6.08 Å². The van der Waals surface area contributed by atoms with Crippen molar-refractivity contribution in [2.75, 3.05) is 12.0 Å². The number of carbonyl (C=O) groups excluding carboxylic acids is 1. The predicted molar refractivity (Wildman–Crippen MR) is 113 cm³/mol. The SMILES string of the molecule is CC(C)(C)OC(=O)NCC(=Cc1ccc(NN)cc1)B1OC(C)(C)C(C)(C)O1. The number of nitrogens with one attached hydrogen (secondary N) is 2. The third kappa shape index (κ3) is 5.74. The number of rotatable bonds is 5. The fourth-order valence-electron chi connectivity index (χ4n) is 2.57. The third-order valence-corrected chi connectivity index (χ3v) is 4.82. The lowest BCUT2D eigenvalue weighted by atomic mass is 9.77. The molecule has 1 aliphatic heterocycles. The molecule has 0 atom stereocenters. The second-order valence-corrected chi connectivity index (χ2v) is 8.93. The van der Waals surface area contributed by atoms with E-state index in [-0.39, 0.29) is 6.54 Å². The van der Waals surface area contributed by atoms with Gasteiger partial charge in [0, 0.05) is 12.2 Å². The van der Waals surface area contributed by atoms with Crippen LogP contribution < -0.4 is 16.6 Å². The maximum Gasteiger partial charge on any atom is 0.492 e. The van der Waals surface area contributed by atoms with E-state index in [9.17, 15) is 4.79 Å². The van der Waals surface area contributed by atoms with Gasteiger partial charge in [-0.2, -0.15) is 0 Å². The fraction of sp³-hybridized carbons (Fsp3) is 0.550. The van der Waals surface area contributed by atoms with Crippen LogP contribution >= 0.6 is 0 Å². The number of anilines is 1. The summed E-state index contributed by atoms with van der Waals surface area (Å²) in [6, 6.07) is 7.59. The zero-order chi connectivity index (χ0) is 21.2. The van der Waals surface area contributed by atoms with Crippen molar-refractivity contribution in [1.82, 2.24) is 5.32 Å². The normalized spacial score (nSPS) is 18.7. The van der Waals surface area contributed by atoms with Crippen LogP contribution in [0, 0.1) is 0 Å². The quantitative estimate of drug-likeness (QED) is 0.405. The van der Waals surface area contributed by atoms with E-state index in [4.69, 9.17) is 19.9 Å². The number of nitrogen functional groups attached to an aromatic ring is 1. The Morgan fingerprint density at radius 2 is 1.68 bits per heavy atom. The molecule has 4 N–H and O–H groups in total. The van der Waals surface area contributed by atoms with Crippen molar-refractivity contribution in [2.45, 2.75) is 65.3 Å². The van der Waals surface area contributed by atoms with E-state index in [0.29, 0.717) is 0 Å². The monoisotopic (exact) mass is 389 g/mol. The van der Waals surface area contributed by atoms with Gasteiger partial charge in [-0.15, -0.1) is 0 Å². The highest BCUT2D eigenvalue weighted by Gasteiger charge is 2.52. The predicted octanol–water partition coefficient (Wildman–Crippen LogP) is 3.51. The van der Waals surface area contributed by atoms with Gasteiger partial charge in [-0.3, -0.25) is 5.84 Å². The number of nitrogens with two attached hydrogens (primary N) is 1. The Bertz CT molecular complexity index is 708. The van der Waals surface area contributed by atoms with Gasteiger partial charge in [0.15, 0.2) is 0 Å². The second-order valence-electron chi connectivity index (χ2n) is 8.93. The van der Waals surface area contributed by atoms with Crippen molar-refractivity contribution in [2.24, 2.45) is 5.84 Å². The molecule has 1 heterocycles. The highest BCUT2D eigenvalue weighted by atomic mass is 16.7. The number of alkyl carbamates (subject to hydrolysis) is 1. The van der Waals surface area contributed by atoms with Crippen LogP contribution in [0.2, 0.25) is 0 Å². The van der Waals surface area contributed by atoms with E-state index in [2.05, 4.69) is 10.7 Å². The third-order valence-electron chi connectivity index (χ3n) is 4.82. The molecule has 7 nitrogen and oxygen atoms in total. The number of benzene rings is 1. The molecule has 0 aromatic heterocycles. The van der Waals surface area contributed by atoms with Crippen LogP contribution in [0.5, 0.6) is 0 Å². The molecule has 1 aromatic carbocycles. The Labute approximate surface area is 168 Å². The molecule has 0 bridgehead atoms. The number of amides is 1. The summed E-state index contributed by atoms with van der Waals surface area (Å²) in [5.41, 5.74) is 3.62. The number of hydrogen-bond donors (Lipinski definition) is 3. The minimum Gasteiger partial charge on any atom is -0.444 e. The molecule has 0 spiro atoms. The van der Waals surface area contributed by atoms with Gasteiger partial charge in [-0.25, -0.2) is 4.79 Å². The van der Waals surface area contributed by atoms with E-state index >= 15 is 0 Å². The standard InChI is InChI=1S/C20H32BN3O4/c1-18(2,3)26-17(25)23-13-15(12-14-8-10-16(24-22)11-9-14)21-27-19(4,5)20(6,7)28-21/h8-12,24H,13,22H2,1-7H3,(H,23,25). The zero-order valence-electron chi connectivity index (χ0n) is 17.9. The highest BCUT2D eigenvalue weighted by molar-refractivity contribution is 6.56. The molecule has 28 heavy (non-hydrogen) atoms. The minimum atomic E-state index is -0.577. The molecule has 1 amide bonds. The second kappa shape index (κ2) is 8.15. The van der Waals surface area contributed by atoms with E-state index < -0.39 is 30.0 Å². The van der Waals surface area contributed by atoms with Crippen molar-refractivity contribution < 1.29 is 18.8 Å². The van der Waals surface area contributed by atoms with Crippen LogP contribution in [0.3, 0.4) is 0 Å². The van der Waals surface area contributed by atoms with Gasteiger partial charge in [0.2, 0.25) is 0 Å². The van der Waals surface area contributed by atoms with E-state index in [0.717, 1.165) is 16.7 Å². The van der Waals surface area contributed by atoms with Gasteiger partial charge in [0.25, 0.3) is 0 Å². The summed E-state index contributed by atoms with van der Waals surface area (Å²) in [6.07, 6.45) is 1.46. The molecule has 0 unspecified atom stereocenters. The van der Waals surface area contributed by atoms with Crippen molar-refractivity contribution in [3.63, 3.8) is 0 Å². The molecule has 1 aromatic rings. The van der Waals surface area contributed by atoms with Crippen LogP contribution in [0.4, 0.5) is 10.5 Å². The zero-order valence-corrected chi connectivity index (χ0v) is 17.9. The van der Waals surface area contributed by atoms with Crippen molar-refractivity contribution >= 4 is 25.0 Å². The average Bonchev–Trinajstić information content (AvgIpc) is 2.78. The Balaban J connectivity index is 2.23. The van der Waals surface area contributed by atoms with E-state index in [1.165, 1.54) is 0 Å². The lowest BCUT2D eigenvalue weighted by Crippen LogP contribution is -2.41. The van der Waals surface area contributed by atoms with Crippen LogP contribution in [0.15, 0.2) is 29.7 Å². The molecule has 8 heteroatoms. The number of hydrazine groups is 1. The van der Waals surface area contributed by atoms with E-state index in [1.54, 1.807) is 0 Å². The molecular formula is C20H32BN3O4. The Hall–Kier alpha value is -2.03. The maximum absolute atomic E-state index is 12.1. The van der Waals surface area contributed by atoms with Crippen molar-refractivity contribution in [3.05, 3.63) is 35.3 Å². The molecule has 0 saturated carbocycles. The summed E-state index contributed by atoms with van der Waals surface area (Å²) in [5, 5.41) is 2.79. The lowest BCUT2D eigenvalue weighted by Gasteiger charge is -2.32. The molecule has 0 radical (unpaired) electrons. The largest absolute Gasteiger partial charge is 0.492 e. The highest BCUT2D eigenvalue weighted by Crippen LogP contribution is 2.38. The van der Waals surface area contributed by atoms with Gasteiger partial charge >= 0.3 is 13.2 Å². The molecule has 2 rings (SSSR count). The Morgan fingerprint density at radius 1 is 1.14 bits per heavy atom. The fourth-order valence-corrected chi connectivity index (χ4v) is 2.57. The summed E-state index contributed by atoms with van der Waals surface area (Å²) in [7, 11) is -0.577. The number of carbonyl (C=O) groups is 1. The molecule has 0 aliphatic carbocycles. The first-order valence-electron chi connectivity index (χ1n) is 9.43. The molecular weight excluding hydrogens is 357 g/mol. The van der Waals surface area contributed by atoms with Gasteiger partial charge < -0.3 is 24.8 Å². The molecule has 154 valence electrons. The van der Waals surface area contributed by atoms with Crippen LogP contribution in [-0.2, 0) is 14.0 Å². The van der Waals surface area contributed by atoms with Crippen molar-refractivity contribution in [1.29, 1.82) is 0 Å². The average molecular weight is 389 g/mol. The Kier molecular flexibility index (Phi) is 6.48. The maximum atomic E-state index is 12.1. The van der Waals surface area contributed by atoms with Crippen molar-refractivity contribution in [3.8, 4) is 0 Å². The lowest BCUT2D eigenvalue weighted by molar-refractivity contribution is 0.00578. The molecule has 1 fully saturated rings. The topological polar surface area (TPSA) is 94.8 Å². The van der Waals surface area contributed by atoms with Gasteiger partial charge in [-0.05, 0) is 71.6 Å². The van der Waals surface area contributed by atoms with E-state index in [1.807, 2.05) is 78.8 Å². The summed E-state index contributed by atoms with van der Waals surface area (Å²) < 4.78 is 17.7. The summed E-state index contributed by atoms with van der Waals surface area (Å²) in [5.74, 6) is 5.42. The first-order valence-corrected chi connectivity index (χ1v) is 9.43.